The number of hydrogen-bond donors (Lipinski definition) is 2. The Labute approximate surface area is 133 Å². The summed E-state index contributed by atoms with van der Waals surface area (Å²) in [6, 6.07) is 0. The van der Waals surface area contributed by atoms with Crippen molar-refractivity contribution in [2.24, 2.45) is 29.1 Å². The van der Waals surface area contributed by atoms with Crippen molar-refractivity contribution in [3.8, 4) is 0 Å². The van der Waals surface area contributed by atoms with Crippen molar-refractivity contribution >= 4 is 5.78 Å². The highest BCUT2D eigenvalue weighted by Crippen LogP contribution is 2.58. The SMILES string of the molecule is CC1C(=O)[C@]2(C)CC[C@H](O)[C@@H](C=C[C@H](O)CC3CCCC3)[C@H]12. The Hall–Kier alpha value is -0.670. The molecule has 0 spiro atoms. The van der Waals surface area contributed by atoms with E-state index in [1.165, 1.54) is 25.7 Å². The van der Waals surface area contributed by atoms with E-state index in [4.69, 9.17) is 0 Å². The number of ketones is 1. The molecule has 6 atom stereocenters. The van der Waals surface area contributed by atoms with Gasteiger partial charge >= 0.3 is 0 Å². The van der Waals surface area contributed by atoms with E-state index >= 15 is 0 Å². The molecule has 0 aliphatic heterocycles. The maximum Gasteiger partial charge on any atom is 0.142 e. The first kappa shape index (κ1) is 16.2. The molecule has 3 saturated carbocycles. The van der Waals surface area contributed by atoms with Crippen LogP contribution in [0.15, 0.2) is 12.2 Å². The Balaban J connectivity index is 1.64. The van der Waals surface area contributed by atoms with E-state index in [1.54, 1.807) is 0 Å². The monoisotopic (exact) mass is 306 g/mol. The van der Waals surface area contributed by atoms with E-state index in [0.717, 1.165) is 12.8 Å². The normalized spacial score (nSPS) is 44.1. The number of rotatable bonds is 4. The van der Waals surface area contributed by atoms with Gasteiger partial charge in [-0.2, -0.15) is 0 Å². The Morgan fingerprint density at radius 1 is 1.32 bits per heavy atom. The summed E-state index contributed by atoms with van der Waals surface area (Å²) in [6.45, 7) is 4.05. The third-order valence-corrected chi connectivity index (χ3v) is 6.67. The van der Waals surface area contributed by atoms with Crippen LogP contribution in [-0.2, 0) is 4.79 Å². The summed E-state index contributed by atoms with van der Waals surface area (Å²) in [5.74, 6) is 1.31. The first-order valence-corrected chi connectivity index (χ1v) is 9.02. The third-order valence-electron chi connectivity index (χ3n) is 6.67. The van der Waals surface area contributed by atoms with Crippen LogP contribution in [0.25, 0.3) is 0 Å². The Kier molecular flexibility index (Phi) is 4.48. The highest BCUT2D eigenvalue weighted by atomic mass is 16.3. The molecule has 0 aromatic rings. The molecule has 3 aliphatic rings. The van der Waals surface area contributed by atoms with Crippen LogP contribution in [0.1, 0.15) is 58.8 Å². The molecule has 2 N–H and O–H groups in total. The highest BCUT2D eigenvalue weighted by Gasteiger charge is 2.61. The van der Waals surface area contributed by atoms with Crippen LogP contribution in [0.2, 0.25) is 0 Å². The second-order valence-electron chi connectivity index (χ2n) is 8.12. The van der Waals surface area contributed by atoms with Gasteiger partial charge in [-0.25, -0.2) is 0 Å². The van der Waals surface area contributed by atoms with Crippen molar-refractivity contribution in [2.75, 3.05) is 0 Å². The summed E-state index contributed by atoms with van der Waals surface area (Å²) in [5.41, 5.74) is -0.246. The molecule has 22 heavy (non-hydrogen) atoms. The number of aliphatic hydroxyl groups excluding tert-OH is 2. The highest BCUT2D eigenvalue weighted by molar-refractivity contribution is 5.93. The number of aliphatic hydroxyl groups is 2. The van der Waals surface area contributed by atoms with Gasteiger partial charge in [0.15, 0.2) is 0 Å². The Bertz CT molecular complexity index is 452. The van der Waals surface area contributed by atoms with E-state index in [0.29, 0.717) is 18.1 Å². The van der Waals surface area contributed by atoms with E-state index in [-0.39, 0.29) is 29.3 Å². The van der Waals surface area contributed by atoms with Crippen LogP contribution in [0.5, 0.6) is 0 Å². The third kappa shape index (κ3) is 2.67. The smallest absolute Gasteiger partial charge is 0.142 e. The van der Waals surface area contributed by atoms with Gasteiger partial charge in [0.05, 0.1) is 12.2 Å². The number of fused-ring (bicyclic) bond motifs is 1. The first-order valence-electron chi connectivity index (χ1n) is 9.02. The summed E-state index contributed by atoms with van der Waals surface area (Å²) in [4.78, 5) is 12.2. The minimum absolute atomic E-state index is 0.0182. The van der Waals surface area contributed by atoms with Gasteiger partial charge in [-0.1, -0.05) is 51.7 Å². The predicted octanol–water partition coefficient (Wildman–Crippen LogP) is 3.10. The average molecular weight is 306 g/mol. The lowest BCUT2D eigenvalue weighted by atomic mass is 9.45. The molecule has 3 rings (SSSR count). The lowest BCUT2D eigenvalue weighted by molar-refractivity contribution is -0.170. The molecule has 1 unspecified atom stereocenters. The van der Waals surface area contributed by atoms with Crippen LogP contribution in [0, 0.1) is 29.1 Å². The molecule has 3 aliphatic carbocycles. The van der Waals surface area contributed by atoms with Gasteiger partial charge in [0, 0.05) is 17.3 Å². The molecule has 3 nitrogen and oxygen atoms in total. The van der Waals surface area contributed by atoms with Gasteiger partial charge in [0.1, 0.15) is 5.78 Å². The lowest BCUT2D eigenvalue weighted by Crippen LogP contribution is -2.62. The number of hydrogen-bond acceptors (Lipinski definition) is 3. The second kappa shape index (κ2) is 6.09. The molecule has 3 fully saturated rings. The van der Waals surface area contributed by atoms with Crippen LogP contribution in [0.4, 0.5) is 0 Å². The first-order chi connectivity index (χ1) is 10.4. The summed E-state index contributed by atoms with van der Waals surface area (Å²) in [5, 5.41) is 20.6. The summed E-state index contributed by atoms with van der Waals surface area (Å²) in [6.07, 6.45) is 10.5. The fourth-order valence-electron chi connectivity index (χ4n) is 5.40. The molecule has 0 aromatic heterocycles. The van der Waals surface area contributed by atoms with E-state index in [1.807, 2.05) is 19.1 Å². The molecule has 0 bridgehead atoms. The zero-order valence-electron chi connectivity index (χ0n) is 13.9. The quantitative estimate of drug-likeness (QED) is 0.785. The largest absolute Gasteiger partial charge is 0.393 e. The van der Waals surface area contributed by atoms with Gasteiger partial charge in [0.25, 0.3) is 0 Å². The van der Waals surface area contributed by atoms with Crippen LogP contribution < -0.4 is 0 Å². The average Bonchev–Trinajstić information content (AvgIpc) is 3.00. The number of carbonyl (C=O) groups is 1. The number of carbonyl (C=O) groups excluding carboxylic acids is 1. The van der Waals surface area contributed by atoms with Crippen LogP contribution >= 0.6 is 0 Å². The standard InChI is InChI=1S/C19H30O3/c1-12-17-15(16(21)9-10-19(17,2)18(12)22)8-7-14(20)11-13-5-3-4-6-13/h7-8,12-17,20-21H,3-6,9-11H2,1-2H3/t12?,14-,15+,16-,17-,19+/m0/s1. The molecule has 0 radical (unpaired) electrons. The van der Waals surface area contributed by atoms with Crippen molar-refractivity contribution in [1.82, 2.24) is 0 Å². The summed E-state index contributed by atoms with van der Waals surface area (Å²) in [7, 11) is 0. The van der Waals surface area contributed by atoms with Crippen molar-refractivity contribution in [3.63, 3.8) is 0 Å². The molecular weight excluding hydrogens is 276 g/mol. The maximum atomic E-state index is 12.2. The fourth-order valence-corrected chi connectivity index (χ4v) is 5.40. The Morgan fingerprint density at radius 3 is 2.68 bits per heavy atom. The van der Waals surface area contributed by atoms with E-state index in [2.05, 4.69) is 6.92 Å². The van der Waals surface area contributed by atoms with Gasteiger partial charge in [-0.15, -0.1) is 0 Å². The van der Waals surface area contributed by atoms with Crippen molar-refractivity contribution in [3.05, 3.63) is 12.2 Å². The lowest BCUT2D eigenvalue weighted by Gasteiger charge is -2.57. The maximum absolute atomic E-state index is 12.2. The van der Waals surface area contributed by atoms with Crippen LogP contribution in [-0.4, -0.2) is 28.2 Å². The van der Waals surface area contributed by atoms with Crippen LogP contribution in [0.3, 0.4) is 0 Å². The van der Waals surface area contributed by atoms with Gasteiger partial charge in [-0.05, 0) is 31.1 Å². The van der Waals surface area contributed by atoms with Gasteiger partial charge in [-0.3, -0.25) is 4.79 Å². The molecular formula is C19H30O3. The minimum atomic E-state index is -0.408. The zero-order chi connectivity index (χ0) is 15.9. The van der Waals surface area contributed by atoms with Crippen molar-refractivity contribution in [2.45, 2.75) is 71.0 Å². The molecule has 0 heterocycles. The van der Waals surface area contributed by atoms with E-state index in [9.17, 15) is 15.0 Å². The molecule has 0 amide bonds. The van der Waals surface area contributed by atoms with E-state index < -0.39 is 6.10 Å². The minimum Gasteiger partial charge on any atom is -0.393 e. The molecule has 0 saturated heterocycles. The molecule has 3 heteroatoms. The predicted molar refractivity (Wildman–Crippen MR) is 86.2 cm³/mol. The summed E-state index contributed by atoms with van der Waals surface area (Å²) >= 11 is 0. The second-order valence-corrected chi connectivity index (χ2v) is 8.12. The topological polar surface area (TPSA) is 57.5 Å². The fraction of sp³-hybridized carbons (Fsp3) is 0.842. The Morgan fingerprint density at radius 2 is 2.00 bits per heavy atom. The van der Waals surface area contributed by atoms with Crippen molar-refractivity contribution in [1.29, 1.82) is 0 Å². The number of Topliss-reactive ketones (excluding diaryl/α,β-unsaturated/α-hetero) is 1. The molecule has 124 valence electrons. The van der Waals surface area contributed by atoms with Crippen molar-refractivity contribution < 1.29 is 15.0 Å². The van der Waals surface area contributed by atoms with Gasteiger partial charge in [0.2, 0.25) is 0 Å². The zero-order valence-corrected chi connectivity index (χ0v) is 13.9. The molecule has 0 aromatic carbocycles. The summed E-state index contributed by atoms with van der Waals surface area (Å²) < 4.78 is 0. The van der Waals surface area contributed by atoms with Gasteiger partial charge < -0.3 is 10.2 Å².